The van der Waals surface area contributed by atoms with E-state index in [-0.39, 0.29) is 5.91 Å². The van der Waals surface area contributed by atoms with Crippen molar-refractivity contribution >= 4 is 34.6 Å². The van der Waals surface area contributed by atoms with E-state index in [1.165, 1.54) is 11.0 Å². The van der Waals surface area contributed by atoms with Crippen molar-refractivity contribution in [1.82, 2.24) is 0 Å². The lowest BCUT2D eigenvalue weighted by molar-refractivity contribution is -0.122. The van der Waals surface area contributed by atoms with Crippen LogP contribution in [0.4, 0.5) is 15.8 Å². The number of carbonyl (C=O) groups excluding carboxylic acids is 1. The molecule has 1 N–H and O–H groups in total. The molecule has 1 heterocycles. The molecule has 0 saturated carbocycles. The van der Waals surface area contributed by atoms with Gasteiger partial charge in [-0.15, -0.1) is 0 Å². The normalized spacial score (nSPS) is 16.0. The molecular formula is C20H21ClFN3O. The first kappa shape index (κ1) is 18.4. The zero-order valence-electron chi connectivity index (χ0n) is 15.2. The fourth-order valence-electron chi connectivity index (χ4n) is 3.18. The lowest BCUT2D eigenvalue weighted by atomic mass is 9.98. The van der Waals surface area contributed by atoms with E-state index < -0.39 is 11.4 Å². The SMILES string of the molecule is CCNc1cc(Cl)c2c(c1)C(c1ccccc1F)=NC(C)(C)C(=O)N2C. The summed E-state index contributed by atoms with van der Waals surface area (Å²) in [5.74, 6) is -0.599. The number of amides is 1. The van der Waals surface area contributed by atoms with Crippen molar-refractivity contribution in [1.29, 1.82) is 0 Å². The number of nitrogens with one attached hydrogen (secondary N) is 1. The van der Waals surface area contributed by atoms with E-state index in [1.807, 2.05) is 13.0 Å². The third kappa shape index (κ3) is 3.07. The van der Waals surface area contributed by atoms with Crippen LogP contribution in [0.3, 0.4) is 0 Å². The minimum Gasteiger partial charge on any atom is -0.385 e. The predicted molar refractivity (Wildman–Crippen MR) is 105 cm³/mol. The molecule has 1 aliphatic heterocycles. The predicted octanol–water partition coefficient (Wildman–Crippen LogP) is 4.50. The van der Waals surface area contributed by atoms with Crippen molar-refractivity contribution in [3.63, 3.8) is 0 Å². The molecule has 0 atom stereocenters. The van der Waals surface area contributed by atoms with Crippen LogP contribution >= 0.6 is 11.6 Å². The molecule has 3 rings (SSSR count). The van der Waals surface area contributed by atoms with Crippen molar-refractivity contribution in [2.45, 2.75) is 26.3 Å². The summed E-state index contributed by atoms with van der Waals surface area (Å²) >= 11 is 6.52. The summed E-state index contributed by atoms with van der Waals surface area (Å²) in [6.45, 7) is 6.13. The maximum atomic E-state index is 14.6. The maximum absolute atomic E-state index is 14.6. The van der Waals surface area contributed by atoms with Crippen molar-refractivity contribution in [3.05, 3.63) is 58.4 Å². The summed E-state index contributed by atoms with van der Waals surface area (Å²) < 4.78 is 14.6. The van der Waals surface area contributed by atoms with Crippen molar-refractivity contribution in [3.8, 4) is 0 Å². The number of rotatable bonds is 3. The Bertz CT molecular complexity index is 908. The van der Waals surface area contributed by atoms with Crippen LogP contribution in [0, 0.1) is 5.82 Å². The Morgan fingerprint density at radius 2 is 1.92 bits per heavy atom. The van der Waals surface area contributed by atoms with E-state index in [0.29, 0.717) is 34.1 Å². The standard InChI is InChI=1S/C20H21ClFN3O/c1-5-23-12-10-14-17(13-8-6-7-9-16(13)22)24-20(2,3)19(26)25(4)18(14)15(21)11-12/h6-11,23H,5H2,1-4H3. The van der Waals surface area contributed by atoms with Gasteiger partial charge in [0.25, 0.3) is 5.91 Å². The van der Waals surface area contributed by atoms with Gasteiger partial charge in [-0.25, -0.2) is 4.39 Å². The van der Waals surface area contributed by atoms with Crippen LogP contribution in [0.15, 0.2) is 41.4 Å². The molecule has 2 aromatic carbocycles. The topological polar surface area (TPSA) is 44.7 Å². The highest BCUT2D eigenvalue weighted by atomic mass is 35.5. The van der Waals surface area contributed by atoms with Crippen LogP contribution in [0.2, 0.25) is 5.02 Å². The largest absolute Gasteiger partial charge is 0.385 e. The van der Waals surface area contributed by atoms with Gasteiger partial charge in [0.2, 0.25) is 0 Å². The molecule has 4 nitrogen and oxygen atoms in total. The van der Waals surface area contributed by atoms with E-state index >= 15 is 0 Å². The molecule has 136 valence electrons. The van der Waals surface area contributed by atoms with Crippen LogP contribution in [-0.4, -0.2) is 30.8 Å². The number of hydrogen-bond acceptors (Lipinski definition) is 3. The molecule has 2 aromatic rings. The maximum Gasteiger partial charge on any atom is 0.254 e. The van der Waals surface area contributed by atoms with E-state index in [0.717, 1.165) is 5.69 Å². The molecule has 1 aliphatic rings. The van der Waals surface area contributed by atoms with Gasteiger partial charge >= 0.3 is 0 Å². The molecule has 1 amide bonds. The summed E-state index contributed by atoms with van der Waals surface area (Å²) in [7, 11) is 1.67. The highest BCUT2D eigenvalue weighted by Gasteiger charge is 2.37. The van der Waals surface area contributed by atoms with Gasteiger partial charge in [0.15, 0.2) is 0 Å². The molecule has 0 bridgehead atoms. The fraction of sp³-hybridized carbons (Fsp3) is 0.300. The Morgan fingerprint density at radius 3 is 2.58 bits per heavy atom. The minimum absolute atomic E-state index is 0.205. The van der Waals surface area contributed by atoms with Gasteiger partial charge in [0, 0.05) is 30.4 Å². The number of hydrogen-bond donors (Lipinski definition) is 1. The molecule has 0 aromatic heterocycles. The molecule has 26 heavy (non-hydrogen) atoms. The number of likely N-dealkylation sites (N-methyl/N-ethyl adjacent to an activating group) is 1. The zero-order chi connectivity index (χ0) is 19.1. The van der Waals surface area contributed by atoms with Gasteiger partial charge in [0.1, 0.15) is 11.4 Å². The van der Waals surface area contributed by atoms with Crippen LogP contribution in [0.1, 0.15) is 31.9 Å². The lowest BCUT2D eigenvalue weighted by Gasteiger charge is -2.25. The summed E-state index contributed by atoms with van der Waals surface area (Å²) in [6.07, 6.45) is 0. The average molecular weight is 374 g/mol. The number of anilines is 2. The molecule has 0 radical (unpaired) electrons. The summed E-state index contributed by atoms with van der Waals surface area (Å²) in [4.78, 5) is 19.1. The number of benzodiazepines with no additional fused rings is 1. The third-order valence-corrected chi connectivity index (χ3v) is 4.67. The van der Waals surface area contributed by atoms with E-state index in [1.54, 1.807) is 45.2 Å². The highest BCUT2D eigenvalue weighted by Crippen LogP contribution is 2.38. The van der Waals surface area contributed by atoms with Crippen molar-refractivity contribution in [2.24, 2.45) is 4.99 Å². The van der Waals surface area contributed by atoms with Gasteiger partial charge in [-0.1, -0.05) is 23.7 Å². The van der Waals surface area contributed by atoms with E-state index in [2.05, 4.69) is 10.3 Å². The van der Waals surface area contributed by atoms with Crippen LogP contribution in [0.5, 0.6) is 0 Å². The molecule has 6 heteroatoms. The number of aliphatic imine (C=N–C) groups is 1. The Balaban J connectivity index is 2.37. The number of carbonyl (C=O) groups is 1. The Hall–Kier alpha value is -2.40. The van der Waals surface area contributed by atoms with Crippen LogP contribution in [-0.2, 0) is 4.79 Å². The Kier molecular flexibility index (Phi) is 4.76. The zero-order valence-corrected chi connectivity index (χ0v) is 16.0. The number of fused-ring (bicyclic) bond motifs is 1. The van der Waals surface area contributed by atoms with Gasteiger partial charge in [-0.3, -0.25) is 9.79 Å². The summed E-state index contributed by atoms with van der Waals surface area (Å²) in [5.41, 5.74) is 1.66. The Labute approximate surface area is 157 Å². The molecule has 0 spiro atoms. The smallest absolute Gasteiger partial charge is 0.254 e. The van der Waals surface area contributed by atoms with Gasteiger partial charge in [-0.05, 0) is 45.0 Å². The lowest BCUT2D eigenvalue weighted by Crippen LogP contribution is -2.41. The first-order valence-corrected chi connectivity index (χ1v) is 8.84. The summed E-state index contributed by atoms with van der Waals surface area (Å²) in [6, 6.07) is 10.1. The first-order chi connectivity index (χ1) is 12.3. The average Bonchev–Trinajstić information content (AvgIpc) is 2.65. The second-order valence-corrected chi connectivity index (χ2v) is 7.16. The second kappa shape index (κ2) is 6.72. The third-order valence-electron chi connectivity index (χ3n) is 4.38. The van der Waals surface area contributed by atoms with Gasteiger partial charge in [0.05, 0.1) is 16.4 Å². The number of halogens is 2. The van der Waals surface area contributed by atoms with Gasteiger partial charge < -0.3 is 10.2 Å². The number of nitrogens with zero attached hydrogens (tertiary/aromatic N) is 2. The van der Waals surface area contributed by atoms with E-state index in [4.69, 9.17) is 11.6 Å². The van der Waals surface area contributed by atoms with Crippen LogP contribution < -0.4 is 10.2 Å². The van der Waals surface area contributed by atoms with Crippen LogP contribution in [0.25, 0.3) is 0 Å². The molecular weight excluding hydrogens is 353 g/mol. The van der Waals surface area contributed by atoms with Gasteiger partial charge in [-0.2, -0.15) is 0 Å². The monoisotopic (exact) mass is 373 g/mol. The molecule has 0 fully saturated rings. The Morgan fingerprint density at radius 1 is 1.23 bits per heavy atom. The van der Waals surface area contributed by atoms with E-state index in [9.17, 15) is 9.18 Å². The quantitative estimate of drug-likeness (QED) is 0.860. The molecule has 0 unspecified atom stereocenters. The summed E-state index contributed by atoms with van der Waals surface area (Å²) in [5, 5.41) is 3.63. The fourth-order valence-corrected chi connectivity index (χ4v) is 3.53. The second-order valence-electron chi connectivity index (χ2n) is 6.75. The highest BCUT2D eigenvalue weighted by molar-refractivity contribution is 6.36. The first-order valence-electron chi connectivity index (χ1n) is 8.47. The molecule has 0 aliphatic carbocycles. The number of benzene rings is 2. The van der Waals surface area contributed by atoms with Crippen molar-refractivity contribution in [2.75, 3.05) is 23.8 Å². The molecule has 0 saturated heterocycles. The minimum atomic E-state index is -1.05. The van der Waals surface area contributed by atoms with Crippen molar-refractivity contribution < 1.29 is 9.18 Å².